The predicted molar refractivity (Wildman–Crippen MR) is 146 cm³/mol. The Bertz CT molecular complexity index is 1450. The lowest BCUT2D eigenvalue weighted by atomic mass is 9.95. The van der Waals surface area contributed by atoms with Crippen molar-refractivity contribution >= 4 is 46.5 Å². The molecule has 0 aliphatic carbocycles. The minimum absolute atomic E-state index is 0.0145. The highest BCUT2D eigenvalue weighted by Crippen LogP contribution is 2.56. The van der Waals surface area contributed by atoms with Gasteiger partial charge in [0.15, 0.2) is 11.6 Å². The van der Waals surface area contributed by atoms with Crippen LogP contribution < -0.4 is 14.7 Å². The van der Waals surface area contributed by atoms with Gasteiger partial charge in [0.25, 0.3) is 5.91 Å². The Labute approximate surface area is 224 Å². The van der Waals surface area contributed by atoms with E-state index in [0.717, 1.165) is 40.1 Å². The Hall–Kier alpha value is -3.96. The molecule has 2 fully saturated rings. The Kier molecular flexibility index (Phi) is 5.74. The fourth-order valence-corrected chi connectivity index (χ4v) is 6.48. The highest BCUT2D eigenvalue weighted by molar-refractivity contribution is 8.03. The molecule has 0 radical (unpaired) electrons. The Balaban J connectivity index is 1.24. The molecule has 2 aromatic heterocycles. The minimum atomic E-state index is -0.0145. The van der Waals surface area contributed by atoms with Crippen LogP contribution in [0.4, 0.5) is 23.3 Å². The zero-order valence-electron chi connectivity index (χ0n) is 20.8. The van der Waals surface area contributed by atoms with Crippen molar-refractivity contribution in [2.24, 2.45) is 0 Å². The molecule has 38 heavy (non-hydrogen) atoms. The van der Waals surface area contributed by atoms with Crippen molar-refractivity contribution in [3.8, 4) is 0 Å². The van der Waals surface area contributed by atoms with Crippen molar-refractivity contribution in [2.75, 3.05) is 67.2 Å². The zero-order chi connectivity index (χ0) is 25.6. The molecule has 6 heterocycles. The van der Waals surface area contributed by atoms with Crippen molar-refractivity contribution < 1.29 is 9.53 Å². The summed E-state index contributed by atoms with van der Waals surface area (Å²) in [5.41, 5.74) is 3.16. The summed E-state index contributed by atoms with van der Waals surface area (Å²) in [6.45, 7) is 9.77. The van der Waals surface area contributed by atoms with Gasteiger partial charge in [0.2, 0.25) is 5.95 Å². The molecule has 0 spiro atoms. The van der Waals surface area contributed by atoms with Gasteiger partial charge < -0.3 is 19.4 Å². The Morgan fingerprint density at radius 1 is 0.921 bits per heavy atom. The van der Waals surface area contributed by atoms with E-state index in [2.05, 4.69) is 53.6 Å². The Morgan fingerprint density at radius 2 is 1.68 bits per heavy atom. The maximum absolute atomic E-state index is 14.2. The molecule has 3 aromatic rings. The van der Waals surface area contributed by atoms with Crippen LogP contribution in [0.25, 0.3) is 5.57 Å². The quantitative estimate of drug-likeness (QED) is 0.507. The van der Waals surface area contributed by atoms with Gasteiger partial charge in [-0.2, -0.15) is 0 Å². The Morgan fingerprint density at radius 3 is 2.47 bits per heavy atom. The van der Waals surface area contributed by atoms with Crippen molar-refractivity contribution in [3.63, 3.8) is 0 Å². The number of carbonyl (C=O) groups is 1. The number of nitrogens with zero attached hydrogens (tertiary/aromatic N) is 8. The van der Waals surface area contributed by atoms with Gasteiger partial charge in [-0.25, -0.2) is 9.97 Å². The van der Waals surface area contributed by atoms with Crippen LogP contribution in [-0.2, 0) is 9.53 Å². The van der Waals surface area contributed by atoms with Crippen LogP contribution in [0.5, 0.6) is 0 Å². The van der Waals surface area contributed by atoms with E-state index in [0.29, 0.717) is 62.3 Å². The molecule has 1 aromatic carbocycles. The monoisotopic (exact) mass is 526 g/mol. The molecule has 0 N–H and O–H groups in total. The number of ether oxygens (including phenoxy) is 1. The van der Waals surface area contributed by atoms with E-state index in [9.17, 15) is 4.79 Å². The third-order valence-corrected chi connectivity index (χ3v) is 8.43. The van der Waals surface area contributed by atoms with Crippen molar-refractivity contribution in [3.05, 3.63) is 71.5 Å². The molecule has 2 saturated heterocycles. The number of aromatic nitrogens is 4. The number of hydrogen-bond donors (Lipinski definition) is 0. The third-order valence-electron chi connectivity index (χ3n) is 7.28. The number of fused-ring (bicyclic) bond motifs is 5. The van der Waals surface area contributed by atoms with Crippen molar-refractivity contribution in [2.45, 2.75) is 4.90 Å². The molecule has 0 unspecified atom stereocenters. The summed E-state index contributed by atoms with van der Waals surface area (Å²) in [6.07, 6.45) is 3.49. The second kappa shape index (κ2) is 9.41. The number of carbonyl (C=O) groups excluding carboxylic acids is 1. The fourth-order valence-electron chi connectivity index (χ4n) is 5.28. The van der Waals surface area contributed by atoms with Crippen LogP contribution in [0, 0.1) is 0 Å². The van der Waals surface area contributed by atoms with Crippen molar-refractivity contribution in [1.82, 2.24) is 25.1 Å². The number of rotatable bonds is 3. The van der Waals surface area contributed by atoms with Gasteiger partial charge in [0, 0.05) is 62.1 Å². The first-order valence-corrected chi connectivity index (χ1v) is 13.5. The summed E-state index contributed by atoms with van der Waals surface area (Å²) in [7, 11) is 0. The number of thioether (sulfide) groups is 1. The van der Waals surface area contributed by atoms with Gasteiger partial charge in [-0.3, -0.25) is 9.69 Å². The molecule has 0 atom stereocenters. The van der Waals surface area contributed by atoms with Crippen LogP contribution in [-0.4, -0.2) is 83.5 Å². The molecule has 4 aliphatic heterocycles. The van der Waals surface area contributed by atoms with E-state index in [-0.39, 0.29) is 5.91 Å². The maximum Gasteiger partial charge on any atom is 0.257 e. The number of piperazine rings is 1. The summed E-state index contributed by atoms with van der Waals surface area (Å²) in [5, 5.41) is 10.1. The molecular weight excluding hydrogens is 500 g/mol. The summed E-state index contributed by atoms with van der Waals surface area (Å²) < 4.78 is 5.51. The maximum atomic E-state index is 14.2. The molecule has 11 heteroatoms. The predicted octanol–water partition coefficient (Wildman–Crippen LogP) is 2.93. The molecule has 0 bridgehead atoms. The third kappa shape index (κ3) is 3.81. The highest BCUT2D eigenvalue weighted by atomic mass is 32.2. The standard InChI is InChI=1S/C27H26N8O2S/c1-18-19-17-22(32-13-15-37-16-14-32)30-31-24(19)35-20-5-2-3-6-21(20)38-26(35)23(18)25(36)33-9-11-34(12-10-33)27-28-7-4-8-29-27/h2-8,17H,1,9-16H2. The van der Waals surface area contributed by atoms with Gasteiger partial charge in [0.05, 0.1) is 29.5 Å². The normalized spacial score (nSPS) is 18.9. The smallest absolute Gasteiger partial charge is 0.257 e. The average Bonchev–Trinajstić information content (AvgIpc) is 3.37. The fraction of sp³-hybridized carbons (Fsp3) is 0.296. The number of morpholine rings is 1. The first-order valence-electron chi connectivity index (χ1n) is 12.7. The second-order valence-corrected chi connectivity index (χ2v) is 10.5. The molecule has 10 nitrogen and oxygen atoms in total. The van der Waals surface area contributed by atoms with Gasteiger partial charge >= 0.3 is 0 Å². The van der Waals surface area contributed by atoms with Crippen LogP contribution in [0.3, 0.4) is 0 Å². The molecule has 0 saturated carbocycles. The summed E-state index contributed by atoms with van der Waals surface area (Å²) in [5.74, 6) is 2.17. The SMILES string of the molecule is C=C1C(C(=O)N2CCN(c3ncccn3)CC2)=C2Sc3ccccc3N2c2nnc(N3CCOCC3)cc21. The number of para-hydroxylation sites is 1. The largest absolute Gasteiger partial charge is 0.378 e. The number of amides is 1. The molecule has 7 rings (SSSR count). The van der Waals surface area contributed by atoms with Crippen LogP contribution in [0.2, 0.25) is 0 Å². The molecule has 1 amide bonds. The lowest BCUT2D eigenvalue weighted by Crippen LogP contribution is -2.50. The van der Waals surface area contributed by atoms with E-state index in [1.807, 2.05) is 29.2 Å². The van der Waals surface area contributed by atoms with Crippen LogP contribution in [0.15, 0.2) is 70.9 Å². The average molecular weight is 527 g/mol. The molecule has 192 valence electrons. The topological polar surface area (TPSA) is 90.8 Å². The van der Waals surface area contributed by atoms with Gasteiger partial charge in [-0.15, -0.1) is 10.2 Å². The van der Waals surface area contributed by atoms with Gasteiger partial charge in [0.1, 0.15) is 0 Å². The lowest BCUT2D eigenvalue weighted by Gasteiger charge is -2.37. The van der Waals surface area contributed by atoms with E-state index >= 15 is 0 Å². The summed E-state index contributed by atoms with van der Waals surface area (Å²) in [4.78, 5) is 32.2. The molecule has 4 aliphatic rings. The second-order valence-electron chi connectivity index (χ2n) is 9.43. The van der Waals surface area contributed by atoms with Crippen molar-refractivity contribution in [1.29, 1.82) is 0 Å². The van der Waals surface area contributed by atoms with Gasteiger partial charge in [-0.1, -0.05) is 30.5 Å². The molecular formula is C27H26N8O2S. The number of anilines is 4. The minimum Gasteiger partial charge on any atom is -0.378 e. The number of hydrogen-bond acceptors (Lipinski definition) is 10. The van der Waals surface area contributed by atoms with E-state index in [1.54, 1.807) is 24.2 Å². The van der Waals surface area contributed by atoms with E-state index in [4.69, 9.17) is 4.74 Å². The number of benzene rings is 1. The van der Waals surface area contributed by atoms with E-state index in [1.165, 1.54) is 0 Å². The van der Waals surface area contributed by atoms with Crippen LogP contribution in [0.1, 0.15) is 5.56 Å². The first kappa shape index (κ1) is 23.2. The zero-order valence-corrected chi connectivity index (χ0v) is 21.6. The van der Waals surface area contributed by atoms with E-state index < -0.39 is 0 Å². The first-order chi connectivity index (χ1) is 18.7. The highest BCUT2D eigenvalue weighted by Gasteiger charge is 2.41. The van der Waals surface area contributed by atoms with Gasteiger partial charge in [-0.05, 0) is 29.8 Å². The summed E-state index contributed by atoms with van der Waals surface area (Å²) in [6, 6.07) is 12.0. The summed E-state index contributed by atoms with van der Waals surface area (Å²) >= 11 is 1.59. The lowest BCUT2D eigenvalue weighted by molar-refractivity contribution is -0.127. The van der Waals surface area contributed by atoms with Crippen LogP contribution >= 0.6 is 11.8 Å².